The number of amides is 2. The van der Waals surface area contributed by atoms with Gasteiger partial charge in [0, 0.05) is 35.6 Å². The highest BCUT2D eigenvalue weighted by Crippen LogP contribution is 2.38. The lowest BCUT2D eigenvalue weighted by Crippen LogP contribution is -2.44. The lowest BCUT2D eigenvalue weighted by molar-refractivity contribution is -0.119. The van der Waals surface area contributed by atoms with Crippen molar-refractivity contribution in [3.63, 3.8) is 0 Å². The van der Waals surface area contributed by atoms with Crippen molar-refractivity contribution in [1.29, 1.82) is 0 Å². The Morgan fingerprint density at radius 2 is 2.05 bits per heavy atom. The molecule has 0 aliphatic carbocycles. The third kappa shape index (κ3) is 2.94. The van der Waals surface area contributed by atoms with E-state index in [9.17, 15) is 9.59 Å². The van der Waals surface area contributed by atoms with Crippen molar-refractivity contribution in [2.24, 2.45) is 5.41 Å². The van der Waals surface area contributed by atoms with Crippen LogP contribution in [0.1, 0.15) is 29.6 Å². The maximum Gasteiger partial charge on any atom is 0.255 e. The van der Waals surface area contributed by atoms with Crippen LogP contribution in [-0.2, 0) is 4.79 Å². The van der Waals surface area contributed by atoms with Gasteiger partial charge in [0.15, 0.2) is 0 Å². The molecule has 1 aromatic rings. The van der Waals surface area contributed by atoms with E-state index in [2.05, 4.69) is 21.2 Å². The van der Waals surface area contributed by atoms with Crippen molar-refractivity contribution in [2.45, 2.75) is 19.3 Å². The molecule has 0 bridgehead atoms. The molecule has 2 amide bonds. The molecule has 2 fully saturated rings. The molecule has 2 heterocycles. The van der Waals surface area contributed by atoms with Gasteiger partial charge in [-0.25, -0.2) is 0 Å². The fraction of sp³-hybridized carbons (Fsp3) is 0.467. The van der Waals surface area contributed by atoms with Gasteiger partial charge in [-0.2, -0.15) is 0 Å². The van der Waals surface area contributed by atoms with E-state index in [0.717, 1.165) is 23.9 Å². The van der Waals surface area contributed by atoms with Gasteiger partial charge in [0.1, 0.15) is 0 Å². The van der Waals surface area contributed by atoms with E-state index in [1.807, 2.05) is 4.90 Å². The van der Waals surface area contributed by atoms with Crippen LogP contribution in [0.25, 0.3) is 0 Å². The average molecular weight is 372 g/mol. The normalized spacial score (nSPS) is 20.7. The summed E-state index contributed by atoms with van der Waals surface area (Å²) in [5.74, 6) is 0.129. The Labute approximate surface area is 137 Å². The van der Waals surface area contributed by atoms with Gasteiger partial charge in [-0.1, -0.05) is 11.6 Å². The number of rotatable bonds is 1. The van der Waals surface area contributed by atoms with Crippen molar-refractivity contribution in [2.75, 3.05) is 19.6 Å². The molecule has 21 heavy (non-hydrogen) atoms. The third-order valence-electron chi connectivity index (χ3n) is 4.47. The van der Waals surface area contributed by atoms with E-state index in [1.54, 1.807) is 18.2 Å². The molecular formula is C15H16BrClN2O2. The maximum absolute atomic E-state index is 12.6. The molecule has 0 saturated carbocycles. The molecule has 0 radical (unpaired) electrons. The van der Waals surface area contributed by atoms with E-state index in [-0.39, 0.29) is 17.2 Å². The van der Waals surface area contributed by atoms with Crippen LogP contribution in [0, 0.1) is 5.41 Å². The molecule has 2 aliphatic rings. The van der Waals surface area contributed by atoms with Gasteiger partial charge in [-0.15, -0.1) is 0 Å². The highest BCUT2D eigenvalue weighted by molar-refractivity contribution is 9.10. The Morgan fingerprint density at radius 1 is 1.33 bits per heavy atom. The van der Waals surface area contributed by atoms with Crippen LogP contribution >= 0.6 is 27.5 Å². The van der Waals surface area contributed by atoms with Crippen molar-refractivity contribution < 1.29 is 9.59 Å². The third-order valence-corrected chi connectivity index (χ3v) is 5.39. The van der Waals surface area contributed by atoms with Crippen LogP contribution in [0.15, 0.2) is 22.7 Å². The second kappa shape index (κ2) is 5.61. The molecule has 2 saturated heterocycles. The second-order valence-electron chi connectivity index (χ2n) is 5.87. The number of carbonyl (C=O) groups is 2. The predicted octanol–water partition coefficient (Wildman–Crippen LogP) is 2.84. The predicted molar refractivity (Wildman–Crippen MR) is 84.3 cm³/mol. The smallest absolute Gasteiger partial charge is 0.255 e. The highest BCUT2D eigenvalue weighted by Gasteiger charge is 2.41. The number of halogens is 2. The van der Waals surface area contributed by atoms with E-state index in [0.29, 0.717) is 30.1 Å². The van der Waals surface area contributed by atoms with Crippen LogP contribution in [-0.4, -0.2) is 36.3 Å². The molecule has 0 atom stereocenters. The second-order valence-corrected chi connectivity index (χ2v) is 7.16. The summed E-state index contributed by atoms with van der Waals surface area (Å²) >= 11 is 9.38. The van der Waals surface area contributed by atoms with Crippen molar-refractivity contribution >= 4 is 39.3 Å². The highest BCUT2D eigenvalue weighted by atomic mass is 79.9. The van der Waals surface area contributed by atoms with E-state index in [4.69, 9.17) is 11.6 Å². The van der Waals surface area contributed by atoms with Gasteiger partial charge in [-0.05, 0) is 52.4 Å². The first-order chi connectivity index (χ1) is 9.99. The lowest BCUT2D eigenvalue weighted by Gasteiger charge is -2.38. The largest absolute Gasteiger partial charge is 0.356 e. The summed E-state index contributed by atoms with van der Waals surface area (Å²) in [6, 6.07) is 5.24. The summed E-state index contributed by atoms with van der Waals surface area (Å²) in [6.07, 6.45) is 2.33. The van der Waals surface area contributed by atoms with Gasteiger partial charge < -0.3 is 10.2 Å². The van der Waals surface area contributed by atoms with E-state index in [1.165, 1.54) is 0 Å². The summed E-state index contributed by atoms with van der Waals surface area (Å²) in [7, 11) is 0. The molecule has 4 nitrogen and oxygen atoms in total. The molecule has 2 aliphatic heterocycles. The number of nitrogens with one attached hydrogen (secondary N) is 1. The summed E-state index contributed by atoms with van der Waals surface area (Å²) < 4.78 is 0.759. The zero-order valence-corrected chi connectivity index (χ0v) is 13.8. The first kappa shape index (κ1) is 14.9. The van der Waals surface area contributed by atoms with Crippen molar-refractivity contribution in [3.8, 4) is 0 Å². The van der Waals surface area contributed by atoms with Crippen molar-refractivity contribution in [1.82, 2.24) is 10.2 Å². The standard InChI is InChI=1S/C15H16BrClN2O2/c16-12-2-1-10(17)7-11(12)14(21)19-5-3-15(4-6-19)8-13(20)18-9-15/h1-2,7H,3-6,8-9H2,(H,18,20). The SMILES string of the molecule is O=C1CC2(CCN(C(=O)c3cc(Cl)ccc3Br)CC2)CN1. The Balaban J connectivity index is 1.70. The molecule has 6 heteroatoms. The fourth-order valence-electron chi connectivity index (χ4n) is 3.12. The quantitative estimate of drug-likeness (QED) is 0.825. The number of hydrogen-bond donors (Lipinski definition) is 1. The molecule has 0 aromatic heterocycles. The Bertz CT molecular complexity index is 597. The first-order valence-corrected chi connectivity index (χ1v) is 8.17. The minimum absolute atomic E-state index is 0.00323. The molecule has 0 unspecified atom stereocenters. The Morgan fingerprint density at radius 3 is 2.67 bits per heavy atom. The van der Waals surface area contributed by atoms with Crippen LogP contribution in [0.5, 0.6) is 0 Å². The lowest BCUT2D eigenvalue weighted by atomic mass is 9.77. The maximum atomic E-state index is 12.6. The number of nitrogens with zero attached hydrogens (tertiary/aromatic N) is 1. The zero-order chi connectivity index (χ0) is 15.0. The van der Waals surface area contributed by atoms with Crippen molar-refractivity contribution in [3.05, 3.63) is 33.3 Å². The summed E-state index contributed by atoms with van der Waals surface area (Å²) in [6.45, 7) is 2.12. The minimum Gasteiger partial charge on any atom is -0.356 e. The number of hydrogen-bond acceptors (Lipinski definition) is 2. The monoisotopic (exact) mass is 370 g/mol. The molecule has 112 valence electrons. The number of likely N-dealkylation sites (tertiary alicyclic amines) is 1. The van der Waals surface area contributed by atoms with E-state index < -0.39 is 0 Å². The van der Waals surface area contributed by atoms with Crippen LogP contribution in [0.3, 0.4) is 0 Å². The number of carbonyl (C=O) groups excluding carboxylic acids is 2. The van der Waals surface area contributed by atoms with Gasteiger partial charge in [-0.3, -0.25) is 9.59 Å². The van der Waals surface area contributed by atoms with Crippen LogP contribution in [0.4, 0.5) is 0 Å². The number of benzene rings is 1. The van der Waals surface area contributed by atoms with Crippen LogP contribution in [0.2, 0.25) is 5.02 Å². The fourth-order valence-corrected chi connectivity index (χ4v) is 3.71. The molecule has 1 N–H and O–H groups in total. The number of piperidine rings is 1. The van der Waals surface area contributed by atoms with Gasteiger partial charge in [0.05, 0.1) is 5.56 Å². The van der Waals surface area contributed by atoms with Gasteiger partial charge in [0.25, 0.3) is 5.91 Å². The summed E-state index contributed by atoms with van der Waals surface area (Å²) in [5, 5.41) is 3.46. The summed E-state index contributed by atoms with van der Waals surface area (Å²) in [5.41, 5.74) is 0.651. The summed E-state index contributed by atoms with van der Waals surface area (Å²) in [4.78, 5) is 25.9. The van der Waals surface area contributed by atoms with Gasteiger partial charge >= 0.3 is 0 Å². The van der Waals surface area contributed by atoms with Crippen LogP contribution < -0.4 is 5.32 Å². The molecule has 1 spiro atoms. The van der Waals surface area contributed by atoms with E-state index >= 15 is 0 Å². The topological polar surface area (TPSA) is 49.4 Å². The Kier molecular flexibility index (Phi) is 3.97. The van der Waals surface area contributed by atoms with Gasteiger partial charge in [0.2, 0.25) is 5.91 Å². The molecular weight excluding hydrogens is 356 g/mol. The molecule has 1 aromatic carbocycles. The minimum atomic E-state index is -0.00323. The Hall–Kier alpha value is -1.07. The first-order valence-electron chi connectivity index (χ1n) is 7.00. The zero-order valence-electron chi connectivity index (χ0n) is 11.5. The average Bonchev–Trinajstić information content (AvgIpc) is 2.83. The molecule has 3 rings (SSSR count).